The van der Waals surface area contributed by atoms with Gasteiger partial charge in [-0.25, -0.2) is 13.2 Å². The van der Waals surface area contributed by atoms with E-state index in [1.54, 1.807) is 24.3 Å². The van der Waals surface area contributed by atoms with Crippen molar-refractivity contribution in [2.45, 2.75) is 10.9 Å². The average Bonchev–Trinajstić information content (AvgIpc) is 2.57. The maximum Gasteiger partial charge on any atom is 0.404 e. The molecule has 0 aromatic heterocycles. The lowest BCUT2D eigenvalue weighted by Crippen LogP contribution is -2.28. The highest BCUT2D eigenvalue weighted by Crippen LogP contribution is 2.32. The van der Waals surface area contributed by atoms with Gasteiger partial charge in [-0.2, -0.15) is 0 Å². The number of nitrogens with one attached hydrogen (secondary N) is 1. The second-order valence-electron chi connectivity index (χ2n) is 3.99. The van der Waals surface area contributed by atoms with Crippen molar-refractivity contribution in [1.82, 2.24) is 5.32 Å². The number of amides is 1. The zero-order chi connectivity index (χ0) is 13.2. The number of primary amides is 1. The second-order valence-corrected chi connectivity index (χ2v) is 6.00. The standard InChI is InChI=1S/C11H14N2O4S/c12-11(14)17-6-5-13-9-7-18(15,16)10-4-2-1-3-8(9)10/h1-4,9,13H,5-7H2,(H2,12,14). The van der Waals surface area contributed by atoms with Gasteiger partial charge in [-0.3, -0.25) is 0 Å². The molecule has 1 aliphatic heterocycles. The normalized spacial score (nSPS) is 20.3. The van der Waals surface area contributed by atoms with E-state index in [0.717, 1.165) is 5.56 Å². The van der Waals surface area contributed by atoms with Crippen molar-refractivity contribution >= 4 is 15.9 Å². The lowest BCUT2D eigenvalue weighted by atomic mass is 10.1. The number of carbonyl (C=O) groups excluding carboxylic acids is 1. The lowest BCUT2D eigenvalue weighted by molar-refractivity contribution is 0.156. The van der Waals surface area contributed by atoms with Crippen LogP contribution in [0.5, 0.6) is 0 Å². The van der Waals surface area contributed by atoms with Gasteiger partial charge in [0.15, 0.2) is 9.84 Å². The molecule has 0 saturated carbocycles. The van der Waals surface area contributed by atoms with E-state index in [-0.39, 0.29) is 18.4 Å². The first kappa shape index (κ1) is 12.8. The van der Waals surface area contributed by atoms with E-state index in [0.29, 0.717) is 11.4 Å². The van der Waals surface area contributed by atoms with E-state index in [1.807, 2.05) is 0 Å². The maximum absolute atomic E-state index is 11.9. The summed E-state index contributed by atoms with van der Waals surface area (Å²) in [4.78, 5) is 10.7. The number of sulfone groups is 1. The molecule has 2 rings (SSSR count). The van der Waals surface area contributed by atoms with E-state index in [4.69, 9.17) is 5.73 Å². The number of rotatable bonds is 4. The van der Waals surface area contributed by atoms with Crippen LogP contribution in [0, 0.1) is 0 Å². The molecule has 18 heavy (non-hydrogen) atoms. The summed E-state index contributed by atoms with van der Waals surface area (Å²) in [5.41, 5.74) is 5.58. The summed E-state index contributed by atoms with van der Waals surface area (Å²) in [6.07, 6.45) is -0.837. The Morgan fingerprint density at radius 1 is 1.44 bits per heavy atom. The minimum atomic E-state index is -3.20. The van der Waals surface area contributed by atoms with Crippen LogP contribution in [0.15, 0.2) is 29.2 Å². The van der Waals surface area contributed by atoms with Crippen LogP contribution in [0.2, 0.25) is 0 Å². The highest BCUT2D eigenvalue weighted by molar-refractivity contribution is 7.91. The minimum Gasteiger partial charge on any atom is -0.448 e. The van der Waals surface area contributed by atoms with Crippen molar-refractivity contribution in [3.05, 3.63) is 29.8 Å². The molecule has 1 aliphatic rings. The molecule has 0 fully saturated rings. The van der Waals surface area contributed by atoms with Gasteiger partial charge in [0.25, 0.3) is 0 Å². The smallest absolute Gasteiger partial charge is 0.404 e. The summed E-state index contributed by atoms with van der Waals surface area (Å²) in [6, 6.07) is 6.63. The number of benzene rings is 1. The van der Waals surface area contributed by atoms with Gasteiger partial charge < -0.3 is 15.8 Å². The lowest BCUT2D eigenvalue weighted by Gasteiger charge is -2.12. The summed E-state index contributed by atoms with van der Waals surface area (Å²) in [5, 5.41) is 3.04. The largest absolute Gasteiger partial charge is 0.448 e. The quantitative estimate of drug-likeness (QED) is 0.761. The molecule has 1 amide bonds. The topological polar surface area (TPSA) is 98.5 Å². The molecule has 0 radical (unpaired) electrons. The fourth-order valence-corrected chi connectivity index (χ4v) is 3.78. The Kier molecular flexibility index (Phi) is 3.53. The zero-order valence-electron chi connectivity index (χ0n) is 9.63. The van der Waals surface area contributed by atoms with Crippen LogP contribution >= 0.6 is 0 Å². The Bertz CT molecular complexity index is 556. The maximum atomic E-state index is 11.9. The molecular formula is C11H14N2O4S. The number of fused-ring (bicyclic) bond motifs is 1. The van der Waals surface area contributed by atoms with Crippen molar-refractivity contribution in [3.8, 4) is 0 Å². The fraction of sp³-hybridized carbons (Fsp3) is 0.364. The first-order chi connectivity index (χ1) is 8.50. The van der Waals surface area contributed by atoms with Crippen LogP contribution in [0.3, 0.4) is 0 Å². The number of nitrogens with two attached hydrogens (primary N) is 1. The summed E-state index contributed by atoms with van der Waals surface area (Å²) in [6.45, 7) is 0.478. The highest BCUT2D eigenvalue weighted by Gasteiger charge is 2.33. The molecule has 0 bridgehead atoms. The van der Waals surface area contributed by atoms with Gasteiger partial charge in [-0.15, -0.1) is 0 Å². The van der Waals surface area contributed by atoms with E-state index in [9.17, 15) is 13.2 Å². The van der Waals surface area contributed by atoms with Gasteiger partial charge in [0.1, 0.15) is 6.61 Å². The summed E-state index contributed by atoms with van der Waals surface area (Å²) >= 11 is 0. The van der Waals surface area contributed by atoms with Crippen molar-refractivity contribution in [1.29, 1.82) is 0 Å². The number of carbonyl (C=O) groups is 1. The molecule has 0 spiro atoms. The second kappa shape index (κ2) is 4.95. The molecule has 0 saturated heterocycles. The summed E-state index contributed by atoms with van der Waals surface area (Å²) in [7, 11) is -3.20. The van der Waals surface area contributed by atoms with E-state index < -0.39 is 15.9 Å². The molecule has 1 heterocycles. The van der Waals surface area contributed by atoms with Crippen molar-refractivity contribution < 1.29 is 17.9 Å². The van der Waals surface area contributed by atoms with Gasteiger partial charge in [0.05, 0.1) is 10.6 Å². The molecular weight excluding hydrogens is 256 g/mol. The van der Waals surface area contributed by atoms with E-state index in [2.05, 4.69) is 10.1 Å². The molecule has 1 unspecified atom stereocenters. The summed E-state index contributed by atoms with van der Waals surface area (Å²) < 4.78 is 28.3. The third-order valence-electron chi connectivity index (χ3n) is 2.75. The predicted octanol–water partition coefficient (Wildman–Crippen LogP) is 0.200. The van der Waals surface area contributed by atoms with E-state index in [1.165, 1.54) is 0 Å². The van der Waals surface area contributed by atoms with Crippen LogP contribution in [-0.2, 0) is 14.6 Å². The van der Waals surface area contributed by atoms with Crippen molar-refractivity contribution in [2.75, 3.05) is 18.9 Å². The van der Waals surface area contributed by atoms with Crippen LogP contribution in [0.1, 0.15) is 11.6 Å². The Balaban J connectivity index is 2.02. The predicted molar refractivity (Wildman–Crippen MR) is 64.8 cm³/mol. The van der Waals surface area contributed by atoms with Crippen LogP contribution in [0.4, 0.5) is 4.79 Å². The Morgan fingerprint density at radius 3 is 2.89 bits per heavy atom. The van der Waals surface area contributed by atoms with Crippen LogP contribution < -0.4 is 11.1 Å². The SMILES string of the molecule is NC(=O)OCCNC1CS(=O)(=O)c2ccccc21. The Labute approximate surface area is 105 Å². The zero-order valence-corrected chi connectivity index (χ0v) is 10.4. The molecule has 98 valence electrons. The minimum absolute atomic E-state index is 0.0307. The van der Waals surface area contributed by atoms with Crippen LogP contribution in [-0.4, -0.2) is 33.4 Å². The summed E-state index contributed by atoms with van der Waals surface area (Å²) in [5.74, 6) is 0.0307. The molecule has 6 nitrogen and oxygen atoms in total. The Hall–Kier alpha value is -1.60. The number of ether oxygens (including phenoxy) is 1. The van der Waals surface area contributed by atoms with E-state index >= 15 is 0 Å². The molecule has 1 aromatic rings. The van der Waals surface area contributed by atoms with Crippen molar-refractivity contribution in [3.63, 3.8) is 0 Å². The fourth-order valence-electron chi connectivity index (χ4n) is 2.00. The molecule has 1 atom stereocenters. The van der Waals surface area contributed by atoms with Gasteiger partial charge in [0.2, 0.25) is 0 Å². The highest BCUT2D eigenvalue weighted by atomic mass is 32.2. The number of hydrogen-bond donors (Lipinski definition) is 2. The third kappa shape index (κ3) is 2.62. The first-order valence-corrected chi connectivity index (χ1v) is 7.13. The number of hydrogen-bond acceptors (Lipinski definition) is 5. The molecule has 3 N–H and O–H groups in total. The average molecular weight is 270 g/mol. The van der Waals surface area contributed by atoms with Gasteiger partial charge >= 0.3 is 6.09 Å². The van der Waals surface area contributed by atoms with Crippen molar-refractivity contribution in [2.24, 2.45) is 5.73 Å². The molecule has 1 aromatic carbocycles. The van der Waals surface area contributed by atoms with Gasteiger partial charge in [0, 0.05) is 12.6 Å². The monoisotopic (exact) mass is 270 g/mol. The van der Waals surface area contributed by atoms with Gasteiger partial charge in [-0.05, 0) is 11.6 Å². The van der Waals surface area contributed by atoms with Gasteiger partial charge in [-0.1, -0.05) is 18.2 Å². The molecule has 7 heteroatoms. The Morgan fingerprint density at radius 2 is 2.17 bits per heavy atom. The van der Waals surface area contributed by atoms with Crippen LogP contribution in [0.25, 0.3) is 0 Å². The first-order valence-electron chi connectivity index (χ1n) is 5.48. The third-order valence-corrected chi connectivity index (χ3v) is 4.57. The molecule has 0 aliphatic carbocycles.